The van der Waals surface area contributed by atoms with Gasteiger partial charge >= 0.3 is 0 Å². The molecule has 2 aromatic rings. The van der Waals surface area contributed by atoms with Gasteiger partial charge in [0.25, 0.3) is 5.91 Å². The molecule has 0 fully saturated rings. The van der Waals surface area contributed by atoms with Crippen molar-refractivity contribution < 1.29 is 4.79 Å². The van der Waals surface area contributed by atoms with Crippen LogP contribution < -0.4 is 0 Å². The maximum atomic E-state index is 12.6. The van der Waals surface area contributed by atoms with E-state index in [-0.39, 0.29) is 17.7 Å². The minimum Gasteiger partial charge on any atom is -0.278 e. The van der Waals surface area contributed by atoms with Crippen LogP contribution in [0.2, 0.25) is 0 Å². The average molecular weight is 300 g/mol. The number of carbonyl (C=O) groups excluding carboxylic acids is 1. The number of benzene rings is 1. The zero-order chi connectivity index (χ0) is 15.0. The third kappa shape index (κ3) is 2.18. The Bertz CT molecular complexity index is 802. The van der Waals surface area contributed by atoms with Gasteiger partial charge in [-0.1, -0.05) is 12.1 Å². The molecule has 7 heteroatoms. The zero-order valence-corrected chi connectivity index (χ0v) is 11.9. The lowest BCUT2D eigenvalue weighted by Crippen LogP contribution is -2.35. The minimum absolute atomic E-state index is 0.0730. The van der Waals surface area contributed by atoms with Crippen LogP contribution in [0.1, 0.15) is 21.5 Å². The molecule has 0 atom stereocenters. The number of aryl methyl sites for hydroxylation is 1. The first-order valence-electron chi connectivity index (χ1n) is 6.18. The standard InChI is InChI=1S/C14H10ClN5O/c1-19-12-10(7-17-19)8-20(14(15)18-12)13(21)11-5-3-2-4-9(11)6-16/h2-5,7H,8H2,1H3. The number of aliphatic imine (C=N–C) groups is 1. The van der Waals surface area contributed by atoms with Crippen molar-refractivity contribution >= 4 is 28.6 Å². The lowest BCUT2D eigenvalue weighted by Gasteiger charge is -2.24. The Labute approximate surface area is 125 Å². The van der Waals surface area contributed by atoms with Crippen LogP contribution in [0.25, 0.3) is 0 Å². The van der Waals surface area contributed by atoms with E-state index in [1.165, 1.54) is 4.90 Å². The van der Waals surface area contributed by atoms with E-state index in [9.17, 15) is 4.79 Å². The molecule has 104 valence electrons. The molecule has 0 aliphatic carbocycles. The fourth-order valence-electron chi connectivity index (χ4n) is 2.18. The number of rotatable bonds is 1. The highest BCUT2D eigenvalue weighted by atomic mass is 35.5. The van der Waals surface area contributed by atoms with E-state index in [2.05, 4.69) is 10.1 Å². The van der Waals surface area contributed by atoms with Gasteiger partial charge in [0.2, 0.25) is 5.29 Å². The van der Waals surface area contributed by atoms with Gasteiger partial charge in [-0.3, -0.25) is 14.4 Å². The van der Waals surface area contributed by atoms with Crippen molar-refractivity contribution in [3.63, 3.8) is 0 Å². The number of fused-ring (bicyclic) bond motifs is 1. The van der Waals surface area contributed by atoms with Crippen molar-refractivity contribution in [1.29, 1.82) is 5.26 Å². The summed E-state index contributed by atoms with van der Waals surface area (Å²) in [5.74, 6) is 0.285. The summed E-state index contributed by atoms with van der Waals surface area (Å²) in [5.41, 5.74) is 1.43. The van der Waals surface area contributed by atoms with Gasteiger partial charge in [-0.25, -0.2) is 0 Å². The average Bonchev–Trinajstić information content (AvgIpc) is 2.86. The number of nitriles is 1. The topological polar surface area (TPSA) is 74.3 Å². The Morgan fingerprint density at radius 1 is 1.43 bits per heavy atom. The van der Waals surface area contributed by atoms with Crippen molar-refractivity contribution in [3.05, 3.63) is 47.2 Å². The smallest absolute Gasteiger partial charge is 0.261 e. The molecule has 0 bridgehead atoms. The minimum atomic E-state index is -0.351. The summed E-state index contributed by atoms with van der Waals surface area (Å²) >= 11 is 6.11. The van der Waals surface area contributed by atoms with Gasteiger partial charge in [0.05, 0.1) is 29.9 Å². The quantitative estimate of drug-likeness (QED) is 0.757. The highest BCUT2D eigenvalue weighted by molar-refractivity contribution is 6.66. The highest BCUT2D eigenvalue weighted by Gasteiger charge is 2.28. The van der Waals surface area contributed by atoms with Crippen LogP contribution in [0.3, 0.4) is 0 Å². The Morgan fingerprint density at radius 2 is 2.19 bits per heavy atom. The number of nitrogens with zero attached hydrogens (tertiary/aromatic N) is 5. The van der Waals surface area contributed by atoms with Crippen LogP contribution in [0.4, 0.5) is 5.82 Å². The van der Waals surface area contributed by atoms with Crippen LogP contribution in [-0.2, 0) is 13.6 Å². The number of amides is 1. The van der Waals surface area contributed by atoms with Gasteiger partial charge in [0.1, 0.15) is 0 Å². The molecule has 3 rings (SSSR count). The molecule has 1 aliphatic heterocycles. The largest absolute Gasteiger partial charge is 0.278 e. The van der Waals surface area contributed by atoms with E-state index in [4.69, 9.17) is 16.9 Å². The molecule has 0 spiro atoms. The molecule has 0 saturated carbocycles. The summed E-state index contributed by atoms with van der Waals surface area (Å²) in [6.07, 6.45) is 1.65. The molecule has 21 heavy (non-hydrogen) atoms. The molecule has 0 N–H and O–H groups in total. The number of amidine groups is 1. The summed E-state index contributed by atoms with van der Waals surface area (Å²) in [6.45, 7) is 0.282. The number of carbonyl (C=O) groups is 1. The SMILES string of the molecule is Cn1ncc2c1N=C(Cl)N(C(=O)c1ccccc1C#N)C2. The van der Waals surface area contributed by atoms with Crippen LogP contribution in [-0.4, -0.2) is 25.9 Å². The van der Waals surface area contributed by atoms with E-state index in [1.54, 1.807) is 42.2 Å². The first kappa shape index (κ1) is 13.3. The van der Waals surface area contributed by atoms with Crippen molar-refractivity contribution in [3.8, 4) is 6.07 Å². The second kappa shape index (κ2) is 5.04. The third-order valence-corrected chi connectivity index (χ3v) is 3.54. The predicted octanol–water partition coefficient (Wildman–Crippen LogP) is 2.17. The first-order chi connectivity index (χ1) is 10.1. The Balaban J connectivity index is 1.99. The Kier molecular flexibility index (Phi) is 3.20. The predicted molar refractivity (Wildman–Crippen MR) is 77.2 cm³/mol. The molecule has 1 aromatic carbocycles. The molecule has 2 heterocycles. The number of aromatic nitrogens is 2. The monoisotopic (exact) mass is 299 g/mol. The molecule has 0 radical (unpaired) electrons. The second-order valence-electron chi connectivity index (χ2n) is 4.55. The van der Waals surface area contributed by atoms with Gasteiger partial charge in [0, 0.05) is 12.6 Å². The molecule has 0 unspecified atom stereocenters. The molecular weight excluding hydrogens is 290 g/mol. The van der Waals surface area contributed by atoms with Crippen LogP contribution in [0.5, 0.6) is 0 Å². The summed E-state index contributed by atoms with van der Waals surface area (Å²) in [7, 11) is 1.76. The van der Waals surface area contributed by atoms with Gasteiger partial charge in [-0.2, -0.15) is 15.4 Å². The van der Waals surface area contributed by atoms with Crippen molar-refractivity contribution in [2.45, 2.75) is 6.54 Å². The van der Waals surface area contributed by atoms with Gasteiger partial charge < -0.3 is 0 Å². The zero-order valence-electron chi connectivity index (χ0n) is 11.1. The Hall–Kier alpha value is -2.65. The van der Waals surface area contributed by atoms with Crippen LogP contribution in [0, 0.1) is 11.3 Å². The summed E-state index contributed by atoms with van der Waals surface area (Å²) < 4.78 is 1.60. The Morgan fingerprint density at radius 3 is 2.95 bits per heavy atom. The maximum Gasteiger partial charge on any atom is 0.261 e. The van der Waals surface area contributed by atoms with E-state index >= 15 is 0 Å². The van der Waals surface area contributed by atoms with Crippen molar-refractivity contribution in [2.24, 2.45) is 12.0 Å². The molecular formula is C14H10ClN5O. The third-order valence-electron chi connectivity index (χ3n) is 3.25. The molecule has 0 saturated heterocycles. The van der Waals surface area contributed by atoms with E-state index in [1.807, 2.05) is 6.07 Å². The lowest BCUT2D eigenvalue weighted by molar-refractivity contribution is 0.0841. The second-order valence-corrected chi connectivity index (χ2v) is 4.88. The fraction of sp³-hybridized carbons (Fsp3) is 0.143. The van der Waals surface area contributed by atoms with E-state index in [0.29, 0.717) is 16.9 Å². The van der Waals surface area contributed by atoms with Crippen molar-refractivity contribution in [1.82, 2.24) is 14.7 Å². The molecule has 1 aromatic heterocycles. The molecule has 6 nitrogen and oxygen atoms in total. The number of halogens is 1. The summed E-state index contributed by atoms with van der Waals surface area (Å²) in [4.78, 5) is 18.1. The normalized spacial score (nSPS) is 13.4. The molecule has 1 aliphatic rings. The first-order valence-corrected chi connectivity index (χ1v) is 6.55. The maximum absolute atomic E-state index is 12.6. The summed E-state index contributed by atoms with van der Waals surface area (Å²) in [5, 5.41) is 13.3. The molecule has 1 amide bonds. The summed E-state index contributed by atoms with van der Waals surface area (Å²) in [6, 6.07) is 8.62. The number of hydrogen-bond donors (Lipinski definition) is 0. The van der Waals surface area contributed by atoms with E-state index < -0.39 is 0 Å². The van der Waals surface area contributed by atoms with Crippen LogP contribution >= 0.6 is 11.6 Å². The van der Waals surface area contributed by atoms with E-state index in [0.717, 1.165) is 5.56 Å². The van der Waals surface area contributed by atoms with Crippen molar-refractivity contribution in [2.75, 3.05) is 0 Å². The number of hydrogen-bond acceptors (Lipinski definition) is 4. The van der Waals surface area contributed by atoms with Gasteiger partial charge in [-0.05, 0) is 23.7 Å². The van der Waals surface area contributed by atoms with Gasteiger partial charge in [-0.15, -0.1) is 0 Å². The lowest BCUT2D eigenvalue weighted by atomic mass is 10.1. The highest BCUT2D eigenvalue weighted by Crippen LogP contribution is 2.27. The van der Waals surface area contributed by atoms with Crippen LogP contribution in [0.15, 0.2) is 35.5 Å². The fourth-order valence-corrected chi connectivity index (χ4v) is 2.40. The van der Waals surface area contributed by atoms with Gasteiger partial charge in [0.15, 0.2) is 5.82 Å².